The van der Waals surface area contributed by atoms with E-state index in [1.165, 1.54) is 0 Å². The molecule has 1 N–H and O–H groups in total. The highest BCUT2D eigenvalue weighted by Crippen LogP contribution is 2.42. The van der Waals surface area contributed by atoms with Crippen LogP contribution in [0.5, 0.6) is 0 Å². The average molecular weight is 286 g/mol. The van der Waals surface area contributed by atoms with Crippen molar-refractivity contribution in [3.8, 4) is 0 Å². The van der Waals surface area contributed by atoms with E-state index in [1.807, 2.05) is 0 Å². The molecule has 5 heteroatoms. The maximum absolute atomic E-state index is 12.4. The summed E-state index contributed by atoms with van der Waals surface area (Å²) in [7, 11) is 0. The number of carbonyl (C=O) groups is 2. The van der Waals surface area contributed by atoms with Crippen molar-refractivity contribution in [1.82, 2.24) is 0 Å². The summed E-state index contributed by atoms with van der Waals surface area (Å²) >= 11 is 0. The van der Waals surface area contributed by atoms with Gasteiger partial charge in [0.15, 0.2) is 5.41 Å². The maximum atomic E-state index is 12.4. The molecule has 5 nitrogen and oxygen atoms in total. The Morgan fingerprint density at radius 3 is 1.65 bits per heavy atom. The van der Waals surface area contributed by atoms with E-state index >= 15 is 0 Å². The smallest absolute Gasteiger partial charge is 0.324 e. The second-order valence-electron chi connectivity index (χ2n) is 7.48. The van der Waals surface area contributed by atoms with Crippen LogP contribution in [0.1, 0.15) is 60.8 Å². The molecule has 0 saturated heterocycles. The van der Waals surface area contributed by atoms with Gasteiger partial charge in [0.25, 0.3) is 0 Å². The molecule has 0 aromatic heterocycles. The fraction of sp³-hybridized carbons (Fsp3) is 0.867. The van der Waals surface area contributed by atoms with Crippen molar-refractivity contribution < 1.29 is 24.2 Å². The number of ether oxygens (including phenoxy) is 2. The lowest BCUT2D eigenvalue weighted by Gasteiger charge is -2.32. The van der Waals surface area contributed by atoms with Gasteiger partial charge in [0.05, 0.1) is 6.10 Å². The van der Waals surface area contributed by atoms with E-state index in [4.69, 9.17) is 9.47 Å². The summed E-state index contributed by atoms with van der Waals surface area (Å²) in [5.41, 5.74) is -2.74. The fourth-order valence-corrected chi connectivity index (χ4v) is 2.23. The van der Waals surface area contributed by atoms with Crippen LogP contribution in [-0.4, -0.2) is 34.4 Å². The molecule has 0 radical (unpaired) electrons. The molecule has 0 heterocycles. The van der Waals surface area contributed by atoms with Gasteiger partial charge in [-0.3, -0.25) is 9.59 Å². The van der Waals surface area contributed by atoms with Crippen molar-refractivity contribution in [2.24, 2.45) is 5.41 Å². The Kier molecular flexibility index (Phi) is 4.54. The normalized spacial score (nSPS) is 22.4. The second kappa shape index (κ2) is 5.35. The number of carbonyl (C=O) groups excluding carboxylic acids is 2. The molecule has 1 aliphatic carbocycles. The van der Waals surface area contributed by atoms with Crippen molar-refractivity contribution in [3.05, 3.63) is 0 Å². The third kappa shape index (κ3) is 4.20. The van der Waals surface area contributed by atoms with Crippen LogP contribution in [0, 0.1) is 5.41 Å². The molecule has 1 fully saturated rings. The van der Waals surface area contributed by atoms with Gasteiger partial charge in [-0.15, -0.1) is 0 Å². The molecule has 1 unspecified atom stereocenters. The van der Waals surface area contributed by atoms with E-state index in [-0.39, 0.29) is 12.8 Å². The quantitative estimate of drug-likeness (QED) is 0.622. The molecule has 0 spiro atoms. The molecule has 0 aromatic rings. The van der Waals surface area contributed by atoms with E-state index in [1.54, 1.807) is 41.5 Å². The zero-order valence-electron chi connectivity index (χ0n) is 13.3. The third-order valence-corrected chi connectivity index (χ3v) is 3.07. The first-order valence-electron chi connectivity index (χ1n) is 7.01. The first-order chi connectivity index (χ1) is 8.86. The van der Waals surface area contributed by atoms with E-state index in [0.29, 0.717) is 6.42 Å². The fourth-order valence-electron chi connectivity index (χ4n) is 2.23. The van der Waals surface area contributed by atoms with Crippen molar-refractivity contribution in [3.63, 3.8) is 0 Å². The van der Waals surface area contributed by atoms with Crippen molar-refractivity contribution >= 4 is 11.9 Å². The summed E-state index contributed by atoms with van der Waals surface area (Å²) in [5, 5.41) is 9.74. The Morgan fingerprint density at radius 1 is 1.00 bits per heavy atom. The summed E-state index contributed by atoms with van der Waals surface area (Å²) in [4.78, 5) is 24.8. The maximum Gasteiger partial charge on any atom is 0.324 e. The summed E-state index contributed by atoms with van der Waals surface area (Å²) in [6.45, 7) is 10.5. The van der Waals surface area contributed by atoms with Crippen LogP contribution in [0.4, 0.5) is 0 Å². The molecule has 0 bridgehead atoms. The minimum absolute atomic E-state index is 0.0663. The molecule has 0 aromatic carbocycles. The standard InChI is InChI=1S/C15H26O5/c1-13(2,3)19-11(17)15(8-7-10(16)9-15)12(18)20-14(4,5)6/h10,16H,7-9H2,1-6H3. The molecular formula is C15H26O5. The van der Waals surface area contributed by atoms with Gasteiger partial charge < -0.3 is 14.6 Å². The van der Waals surface area contributed by atoms with E-state index in [9.17, 15) is 14.7 Å². The van der Waals surface area contributed by atoms with E-state index < -0.39 is 34.7 Å². The van der Waals surface area contributed by atoms with Gasteiger partial charge in [0.2, 0.25) is 0 Å². The van der Waals surface area contributed by atoms with Crippen LogP contribution in [-0.2, 0) is 19.1 Å². The predicted molar refractivity (Wildman–Crippen MR) is 74.0 cm³/mol. The highest BCUT2D eigenvalue weighted by atomic mass is 16.6. The van der Waals surface area contributed by atoms with E-state index in [2.05, 4.69) is 0 Å². The molecular weight excluding hydrogens is 260 g/mol. The zero-order chi connectivity index (χ0) is 15.8. The molecule has 0 amide bonds. The van der Waals surface area contributed by atoms with Crippen LogP contribution in [0.15, 0.2) is 0 Å². The molecule has 1 atom stereocenters. The number of aliphatic hydroxyl groups excluding tert-OH is 1. The number of esters is 2. The number of aliphatic hydroxyl groups is 1. The van der Waals surface area contributed by atoms with Crippen molar-refractivity contribution in [2.75, 3.05) is 0 Å². The van der Waals surface area contributed by atoms with Gasteiger partial charge in [0, 0.05) is 6.42 Å². The largest absolute Gasteiger partial charge is 0.459 e. The molecule has 1 aliphatic rings. The van der Waals surface area contributed by atoms with Crippen molar-refractivity contribution in [2.45, 2.75) is 78.1 Å². The third-order valence-electron chi connectivity index (χ3n) is 3.07. The van der Waals surface area contributed by atoms with Crippen molar-refractivity contribution in [1.29, 1.82) is 0 Å². The second-order valence-corrected chi connectivity index (χ2v) is 7.48. The monoisotopic (exact) mass is 286 g/mol. The highest BCUT2D eigenvalue weighted by Gasteiger charge is 2.55. The number of hydrogen-bond donors (Lipinski definition) is 1. The summed E-state index contributed by atoms with van der Waals surface area (Å²) in [6.07, 6.45) is 0.0582. The molecule has 0 aliphatic heterocycles. The molecule has 116 valence electrons. The lowest BCUT2D eigenvalue weighted by atomic mass is 9.85. The zero-order valence-corrected chi connectivity index (χ0v) is 13.3. The lowest BCUT2D eigenvalue weighted by molar-refractivity contribution is -0.185. The van der Waals surface area contributed by atoms with Gasteiger partial charge in [-0.25, -0.2) is 0 Å². The number of rotatable bonds is 2. The van der Waals surface area contributed by atoms with Crippen LogP contribution in [0.3, 0.4) is 0 Å². The topological polar surface area (TPSA) is 72.8 Å². The SMILES string of the molecule is CC(C)(C)OC(=O)C1(C(=O)OC(C)(C)C)CCC(O)C1. The Hall–Kier alpha value is -1.10. The Bertz CT molecular complexity index is 358. The van der Waals surface area contributed by atoms with Crippen LogP contribution >= 0.6 is 0 Å². The van der Waals surface area contributed by atoms with Gasteiger partial charge in [0.1, 0.15) is 11.2 Å². The highest BCUT2D eigenvalue weighted by molar-refractivity contribution is 6.00. The predicted octanol–water partition coefficient (Wildman–Crippen LogP) is 2.20. The first kappa shape index (κ1) is 17.0. The van der Waals surface area contributed by atoms with Gasteiger partial charge >= 0.3 is 11.9 Å². The van der Waals surface area contributed by atoms with Crippen LogP contribution < -0.4 is 0 Å². The first-order valence-corrected chi connectivity index (χ1v) is 7.01. The van der Waals surface area contributed by atoms with Crippen LogP contribution in [0.25, 0.3) is 0 Å². The number of hydrogen-bond acceptors (Lipinski definition) is 5. The molecule has 1 saturated carbocycles. The summed E-state index contributed by atoms with van der Waals surface area (Å²) in [6, 6.07) is 0. The van der Waals surface area contributed by atoms with Gasteiger partial charge in [-0.05, 0) is 54.4 Å². The average Bonchev–Trinajstić information content (AvgIpc) is 2.56. The molecule has 20 heavy (non-hydrogen) atoms. The lowest BCUT2D eigenvalue weighted by Crippen LogP contribution is -2.45. The van der Waals surface area contributed by atoms with E-state index in [0.717, 1.165) is 0 Å². The van der Waals surface area contributed by atoms with Gasteiger partial charge in [-0.1, -0.05) is 0 Å². The Balaban J connectivity index is 2.99. The Morgan fingerprint density at radius 2 is 1.40 bits per heavy atom. The Labute approximate surface area is 120 Å². The summed E-state index contributed by atoms with van der Waals surface area (Å²) < 4.78 is 10.7. The minimum Gasteiger partial charge on any atom is -0.459 e. The minimum atomic E-state index is -1.38. The van der Waals surface area contributed by atoms with Crippen LogP contribution in [0.2, 0.25) is 0 Å². The molecule has 1 rings (SSSR count). The summed E-state index contributed by atoms with van der Waals surface area (Å²) in [5.74, 6) is -1.20. The van der Waals surface area contributed by atoms with Gasteiger partial charge in [-0.2, -0.15) is 0 Å².